The quantitative estimate of drug-likeness (QED) is 0.223. The molecule has 0 bridgehead atoms. The van der Waals surface area contributed by atoms with Crippen LogP contribution in [0.5, 0.6) is 0 Å². The minimum absolute atomic E-state index is 0.0102. The number of hydrogen-bond donors (Lipinski definition) is 3. The summed E-state index contributed by atoms with van der Waals surface area (Å²) in [6.07, 6.45) is 8.90. The molecule has 0 aromatic heterocycles. The zero-order valence-electron chi connectivity index (χ0n) is 36.1. The van der Waals surface area contributed by atoms with Crippen LogP contribution in [0.15, 0.2) is 35.4 Å². The number of ketones is 1. The molecule has 8 rings (SSSR count). The molecule has 316 valence electrons. The molecule has 0 spiro atoms. The Bertz CT molecular complexity index is 1980. The maximum atomic E-state index is 14.4. The molecule has 58 heavy (non-hydrogen) atoms. The average molecular weight is 818 g/mol. The summed E-state index contributed by atoms with van der Waals surface area (Å²) in [4.78, 5) is 67.4. The highest BCUT2D eigenvalue weighted by Crippen LogP contribution is 2.76. The van der Waals surface area contributed by atoms with E-state index in [9.17, 15) is 29.1 Å². The van der Waals surface area contributed by atoms with Crippen LogP contribution in [-0.2, 0) is 23.9 Å². The second-order valence-electron chi connectivity index (χ2n) is 22.1. The third-order valence-electron chi connectivity index (χ3n) is 18.5. The van der Waals surface area contributed by atoms with Crippen LogP contribution in [0, 0.1) is 62.6 Å². The van der Waals surface area contributed by atoms with Gasteiger partial charge in [-0.1, -0.05) is 73.9 Å². The molecule has 7 aliphatic rings. The topological polar surface area (TPSA) is 139 Å². The van der Waals surface area contributed by atoms with Crippen LogP contribution < -0.4 is 10.6 Å². The Kier molecular flexibility index (Phi) is 9.59. The molecule has 0 radical (unpaired) electrons. The van der Waals surface area contributed by atoms with Gasteiger partial charge in [0.05, 0.1) is 17.4 Å². The van der Waals surface area contributed by atoms with E-state index in [0.717, 1.165) is 50.5 Å². The number of hydrogen-bond acceptors (Lipinski definition) is 6. The average Bonchev–Trinajstić information content (AvgIpc) is 3.85. The maximum Gasteiger partial charge on any atom is 0.309 e. The van der Waals surface area contributed by atoms with Gasteiger partial charge in [0.2, 0.25) is 5.91 Å². The smallest absolute Gasteiger partial charge is 0.309 e. The van der Waals surface area contributed by atoms with Crippen molar-refractivity contribution in [2.45, 2.75) is 157 Å². The number of nitrogens with one attached hydrogen (secondary N) is 2. The highest BCUT2D eigenvalue weighted by Gasteiger charge is 2.71. The predicted octanol–water partition coefficient (Wildman–Crippen LogP) is 9.11. The van der Waals surface area contributed by atoms with E-state index in [0.29, 0.717) is 48.1 Å². The van der Waals surface area contributed by atoms with Crippen molar-refractivity contribution in [3.63, 3.8) is 0 Å². The van der Waals surface area contributed by atoms with E-state index < -0.39 is 34.3 Å². The lowest BCUT2D eigenvalue weighted by Crippen LogP contribution is -2.68. The first-order valence-corrected chi connectivity index (χ1v) is 22.5. The number of ether oxygens (including phenoxy) is 1. The first kappa shape index (κ1) is 41.5. The van der Waals surface area contributed by atoms with Crippen LogP contribution in [-0.4, -0.2) is 51.8 Å². The molecule has 6 fully saturated rings. The number of aliphatic carboxylic acids is 1. The number of halogens is 1. The minimum Gasteiger partial charge on any atom is -0.481 e. The van der Waals surface area contributed by atoms with Gasteiger partial charge in [-0.15, -0.1) is 0 Å². The lowest BCUT2D eigenvalue weighted by molar-refractivity contribution is -0.235. The Morgan fingerprint density at radius 3 is 2.05 bits per heavy atom. The molecule has 2 amide bonds. The van der Waals surface area contributed by atoms with Crippen molar-refractivity contribution in [3.8, 4) is 0 Å². The number of allylic oxidation sites excluding steroid dienone is 1. The summed E-state index contributed by atoms with van der Waals surface area (Å²) >= 11 is 6.07. The van der Waals surface area contributed by atoms with Crippen LogP contribution in [0.3, 0.4) is 0 Å². The zero-order valence-corrected chi connectivity index (χ0v) is 36.9. The molecule has 9 nitrogen and oxygen atoms in total. The van der Waals surface area contributed by atoms with Crippen LogP contribution in [0.25, 0.3) is 0 Å². The van der Waals surface area contributed by atoms with Crippen molar-refractivity contribution < 1.29 is 33.8 Å². The number of carbonyl (C=O) groups excluding carboxylic acids is 4. The van der Waals surface area contributed by atoms with Crippen molar-refractivity contribution in [2.75, 3.05) is 0 Å². The summed E-state index contributed by atoms with van der Waals surface area (Å²) in [6.45, 7) is 20.1. The molecule has 1 aromatic carbocycles. The van der Waals surface area contributed by atoms with Crippen LogP contribution >= 0.6 is 11.6 Å². The third-order valence-corrected chi connectivity index (χ3v) is 18.7. The second kappa shape index (κ2) is 13.4. The van der Waals surface area contributed by atoms with Gasteiger partial charge >= 0.3 is 11.9 Å². The van der Waals surface area contributed by atoms with E-state index in [2.05, 4.69) is 59.1 Å². The van der Waals surface area contributed by atoms with E-state index in [1.165, 1.54) is 5.57 Å². The lowest BCUT2D eigenvalue weighted by atomic mass is 9.33. The lowest BCUT2D eigenvalue weighted by Gasteiger charge is -2.72. The fourth-order valence-corrected chi connectivity index (χ4v) is 14.8. The van der Waals surface area contributed by atoms with Crippen molar-refractivity contribution in [1.82, 2.24) is 10.6 Å². The van der Waals surface area contributed by atoms with E-state index >= 15 is 0 Å². The van der Waals surface area contributed by atoms with Gasteiger partial charge < -0.3 is 20.5 Å². The minimum atomic E-state index is -0.994. The number of carbonyl (C=O) groups is 5. The molecule has 0 aliphatic heterocycles. The summed E-state index contributed by atoms with van der Waals surface area (Å²) in [5.74, 6) is -1.40. The number of fused-ring (bicyclic) bond motifs is 7. The highest BCUT2D eigenvalue weighted by atomic mass is 35.5. The van der Waals surface area contributed by atoms with Gasteiger partial charge in [0, 0.05) is 22.4 Å². The molecular formula is C48H65ClN2O7. The number of carboxylic acid groups (broad SMARTS) is 1. The molecule has 0 heterocycles. The van der Waals surface area contributed by atoms with Crippen molar-refractivity contribution in [2.24, 2.45) is 62.6 Å². The number of carboxylic acids is 1. The van der Waals surface area contributed by atoms with Crippen LogP contribution in [0.1, 0.15) is 150 Å². The molecular weight excluding hydrogens is 752 g/mol. The number of rotatable bonds is 8. The van der Waals surface area contributed by atoms with Gasteiger partial charge in [-0.2, -0.15) is 0 Å². The van der Waals surface area contributed by atoms with E-state index in [1.54, 1.807) is 24.3 Å². The summed E-state index contributed by atoms with van der Waals surface area (Å²) in [5.41, 5.74) is -0.178. The van der Waals surface area contributed by atoms with Gasteiger partial charge in [0.15, 0.2) is 5.78 Å². The number of amides is 2. The first-order valence-electron chi connectivity index (χ1n) is 22.1. The Hall–Kier alpha value is -3.20. The molecule has 3 N–H and O–H groups in total. The van der Waals surface area contributed by atoms with Gasteiger partial charge in [0.1, 0.15) is 11.6 Å². The highest BCUT2D eigenvalue weighted by molar-refractivity contribution is 6.30. The summed E-state index contributed by atoms with van der Waals surface area (Å²) in [6, 6.07) is 6.68. The maximum absolute atomic E-state index is 14.4. The van der Waals surface area contributed by atoms with Gasteiger partial charge in [-0.05, 0) is 151 Å². The number of esters is 1. The van der Waals surface area contributed by atoms with E-state index in [4.69, 9.17) is 16.3 Å². The molecule has 0 saturated heterocycles. The predicted molar refractivity (Wildman–Crippen MR) is 222 cm³/mol. The SMILES string of the molecule is CC(C)C1=C2[C@H]3CC[C@@H]4[C@@]5(C)CC[C@H](OC(=O)C6C[C@@H](C(=O)O)C6(C)C)C(C)(C)[C@@H]5CC[C@@]4(C)[C@]3(C)CC[C@@]2(NC(=O)C2(NC(=O)c3ccc(Cl)cc3)CC2)CC1=O. The van der Waals surface area contributed by atoms with Crippen molar-refractivity contribution in [1.29, 1.82) is 0 Å². The number of benzene rings is 1. The standard InChI is InChI=1S/C48H65ClN2O7/c1-26(2)36-32(52)25-48(51-41(57)47(22-23-47)50-38(53)27-10-12-28(49)13-11-27)21-20-45(8)29(37(36)48)14-15-34-44(7)18-17-35(43(5,6)33(44)16-19-46(34,45)9)58-40(56)31-24-30(39(54)55)42(31,3)4/h10-13,26,29-31,33-35H,14-25H2,1-9H3,(H,50,53)(H,51,57)(H,54,55)/t29-,30+,31?,33+,34-,35+,44+,45-,46-,48-/m1/s1. The molecule has 1 aromatic rings. The van der Waals surface area contributed by atoms with Gasteiger partial charge in [0.25, 0.3) is 5.91 Å². The van der Waals surface area contributed by atoms with Crippen molar-refractivity contribution in [3.05, 3.63) is 46.0 Å². The van der Waals surface area contributed by atoms with Gasteiger partial charge in [-0.3, -0.25) is 24.0 Å². The van der Waals surface area contributed by atoms with E-state index in [-0.39, 0.29) is 69.6 Å². The number of Topliss-reactive ketones (excluding diaryl/α,β-unsaturated/α-hetero) is 1. The monoisotopic (exact) mass is 816 g/mol. The Morgan fingerprint density at radius 1 is 0.776 bits per heavy atom. The van der Waals surface area contributed by atoms with Crippen molar-refractivity contribution >= 4 is 41.1 Å². The Morgan fingerprint density at radius 2 is 1.45 bits per heavy atom. The third kappa shape index (κ3) is 5.84. The van der Waals surface area contributed by atoms with E-state index in [1.807, 2.05) is 13.8 Å². The fraction of sp³-hybridized carbons (Fsp3) is 0.729. The second-order valence-corrected chi connectivity index (χ2v) is 22.5. The summed E-state index contributed by atoms with van der Waals surface area (Å²) in [7, 11) is 0. The Labute approximate surface area is 349 Å². The molecule has 1 unspecified atom stereocenters. The molecule has 6 saturated carbocycles. The largest absolute Gasteiger partial charge is 0.481 e. The zero-order chi connectivity index (χ0) is 42.2. The molecule has 10 atom stereocenters. The normalized spacial score (nSPS) is 40.2. The molecule has 7 aliphatic carbocycles. The fourth-order valence-electron chi connectivity index (χ4n) is 14.7. The molecule has 10 heteroatoms. The van der Waals surface area contributed by atoms with Crippen LogP contribution in [0.4, 0.5) is 0 Å². The van der Waals surface area contributed by atoms with Gasteiger partial charge in [-0.25, -0.2) is 0 Å². The van der Waals surface area contributed by atoms with Crippen LogP contribution in [0.2, 0.25) is 5.02 Å². The Balaban J connectivity index is 1.04. The summed E-state index contributed by atoms with van der Waals surface area (Å²) in [5, 5.41) is 16.8. The summed E-state index contributed by atoms with van der Waals surface area (Å²) < 4.78 is 6.41. The first-order chi connectivity index (χ1) is 27.0.